The first-order valence-electron chi connectivity index (χ1n) is 7.41. The standard InChI is InChI=1S/C15H18O7/c1-12(2,3)15(19)4-7-13(5-8(16)20-7)10(18)22-11-14(13,15)6-9(17)21-11/h7,11,19H,4-6H2,1-3H3/t7-,11-,13-,14?,15+/m0/s1. The lowest BCUT2D eigenvalue weighted by atomic mass is 9.53. The van der Waals surface area contributed by atoms with Gasteiger partial charge in [-0.1, -0.05) is 20.8 Å². The second-order valence-electron chi connectivity index (χ2n) is 7.82. The lowest BCUT2D eigenvalue weighted by Gasteiger charge is -2.48. The normalized spacial score (nSPS) is 49.4. The maximum absolute atomic E-state index is 12.6. The summed E-state index contributed by atoms with van der Waals surface area (Å²) in [5.41, 5.74) is -4.68. The topological polar surface area (TPSA) is 99.1 Å². The van der Waals surface area contributed by atoms with E-state index in [2.05, 4.69) is 0 Å². The number of carbonyl (C=O) groups excluding carboxylic acids is 3. The van der Waals surface area contributed by atoms with Crippen molar-refractivity contribution < 1.29 is 33.7 Å². The molecular weight excluding hydrogens is 292 g/mol. The summed E-state index contributed by atoms with van der Waals surface area (Å²) in [7, 11) is 0. The molecule has 1 saturated carbocycles. The van der Waals surface area contributed by atoms with Crippen LogP contribution in [0.4, 0.5) is 0 Å². The Hall–Kier alpha value is -1.63. The smallest absolute Gasteiger partial charge is 0.320 e. The highest BCUT2D eigenvalue weighted by Gasteiger charge is 2.89. The highest BCUT2D eigenvalue weighted by Crippen LogP contribution is 2.75. The predicted molar refractivity (Wildman–Crippen MR) is 69.0 cm³/mol. The fourth-order valence-electron chi connectivity index (χ4n) is 5.09. The number of hydrogen-bond donors (Lipinski definition) is 1. The van der Waals surface area contributed by atoms with Crippen LogP contribution in [0, 0.1) is 16.2 Å². The summed E-state index contributed by atoms with van der Waals surface area (Å²) in [6.07, 6.45) is -2.16. The van der Waals surface area contributed by atoms with Crippen LogP contribution in [0.15, 0.2) is 0 Å². The van der Waals surface area contributed by atoms with Crippen LogP contribution >= 0.6 is 0 Å². The Morgan fingerprint density at radius 3 is 2.32 bits per heavy atom. The second-order valence-corrected chi connectivity index (χ2v) is 7.82. The Balaban J connectivity index is 2.00. The maximum Gasteiger partial charge on any atom is 0.320 e. The van der Waals surface area contributed by atoms with Gasteiger partial charge in [0.25, 0.3) is 6.29 Å². The van der Waals surface area contributed by atoms with Gasteiger partial charge < -0.3 is 19.3 Å². The van der Waals surface area contributed by atoms with Gasteiger partial charge in [0.05, 0.1) is 18.4 Å². The minimum absolute atomic E-state index is 0.102. The molecule has 120 valence electrons. The van der Waals surface area contributed by atoms with Crippen molar-refractivity contribution in [3.8, 4) is 0 Å². The van der Waals surface area contributed by atoms with E-state index in [1.54, 1.807) is 0 Å². The minimum atomic E-state index is -1.42. The Labute approximate surface area is 126 Å². The van der Waals surface area contributed by atoms with E-state index < -0.39 is 52.1 Å². The zero-order chi connectivity index (χ0) is 16.1. The lowest BCUT2D eigenvalue weighted by Crippen LogP contribution is -2.60. The first-order valence-corrected chi connectivity index (χ1v) is 7.41. The van der Waals surface area contributed by atoms with Crippen molar-refractivity contribution in [2.75, 3.05) is 0 Å². The maximum atomic E-state index is 12.6. The van der Waals surface area contributed by atoms with E-state index in [9.17, 15) is 19.5 Å². The Morgan fingerprint density at radius 1 is 1.05 bits per heavy atom. The van der Waals surface area contributed by atoms with Gasteiger partial charge in [0, 0.05) is 6.42 Å². The molecule has 0 radical (unpaired) electrons. The molecule has 0 aromatic carbocycles. The average Bonchev–Trinajstić information content (AvgIpc) is 2.97. The highest BCUT2D eigenvalue weighted by molar-refractivity contribution is 5.93. The Bertz CT molecular complexity index is 620. The molecule has 7 heteroatoms. The molecule has 4 rings (SSSR count). The first-order chi connectivity index (χ1) is 10.1. The number of aliphatic hydroxyl groups is 1. The van der Waals surface area contributed by atoms with Crippen molar-refractivity contribution >= 4 is 17.9 Å². The van der Waals surface area contributed by atoms with Gasteiger partial charge in [0.1, 0.15) is 16.9 Å². The number of carbonyl (C=O) groups is 3. The fourth-order valence-corrected chi connectivity index (χ4v) is 5.09. The van der Waals surface area contributed by atoms with Crippen LogP contribution in [-0.4, -0.2) is 41.0 Å². The molecule has 3 heterocycles. The number of esters is 3. The molecule has 3 saturated heterocycles. The minimum Gasteiger partial charge on any atom is -0.461 e. The van der Waals surface area contributed by atoms with E-state index in [-0.39, 0.29) is 19.3 Å². The van der Waals surface area contributed by atoms with E-state index in [1.807, 2.05) is 20.8 Å². The van der Waals surface area contributed by atoms with Gasteiger partial charge in [-0.25, -0.2) is 0 Å². The Kier molecular flexibility index (Phi) is 2.21. The summed E-state index contributed by atoms with van der Waals surface area (Å²) >= 11 is 0. The van der Waals surface area contributed by atoms with Crippen molar-refractivity contribution in [1.29, 1.82) is 0 Å². The van der Waals surface area contributed by atoms with Gasteiger partial charge in [-0.15, -0.1) is 0 Å². The van der Waals surface area contributed by atoms with Crippen LogP contribution in [-0.2, 0) is 28.6 Å². The molecule has 7 nitrogen and oxygen atoms in total. The molecule has 0 aromatic rings. The molecule has 1 aliphatic carbocycles. The summed E-state index contributed by atoms with van der Waals surface area (Å²) in [6.45, 7) is 5.50. The van der Waals surface area contributed by atoms with Gasteiger partial charge in [0.2, 0.25) is 0 Å². The quantitative estimate of drug-likeness (QED) is 0.642. The predicted octanol–water partition coefficient (Wildman–Crippen LogP) is 0.285. The molecule has 3 aliphatic heterocycles. The zero-order valence-corrected chi connectivity index (χ0v) is 12.7. The van der Waals surface area contributed by atoms with E-state index in [0.717, 1.165) is 0 Å². The highest BCUT2D eigenvalue weighted by atomic mass is 16.7. The third kappa shape index (κ3) is 1.12. The van der Waals surface area contributed by atoms with Crippen LogP contribution in [0.3, 0.4) is 0 Å². The largest absolute Gasteiger partial charge is 0.461 e. The van der Waals surface area contributed by atoms with Crippen molar-refractivity contribution in [3.05, 3.63) is 0 Å². The summed E-state index contributed by atoms with van der Waals surface area (Å²) in [5.74, 6) is -1.64. The molecule has 0 amide bonds. The van der Waals surface area contributed by atoms with E-state index in [4.69, 9.17) is 14.2 Å². The molecule has 1 N–H and O–H groups in total. The molecule has 0 aromatic heterocycles. The van der Waals surface area contributed by atoms with Gasteiger partial charge in [-0.3, -0.25) is 14.4 Å². The number of ether oxygens (including phenoxy) is 3. The van der Waals surface area contributed by atoms with Crippen LogP contribution in [0.5, 0.6) is 0 Å². The molecule has 5 atom stereocenters. The first kappa shape index (κ1) is 14.0. The lowest BCUT2D eigenvalue weighted by molar-refractivity contribution is -0.208. The van der Waals surface area contributed by atoms with Crippen LogP contribution < -0.4 is 0 Å². The molecule has 4 aliphatic rings. The molecule has 1 unspecified atom stereocenters. The van der Waals surface area contributed by atoms with Crippen LogP contribution in [0.1, 0.15) is 40.0 Å². The van der Waals surface area contributed by atoms with Gasteiger partial charge >= 0.3 is 17.9 Å². The van der Waals surface area contributed by atoms with Crippen molar-refractivity contribution in [2.24, 2.45) is 16.2 Å². The zero-order valence-electron chi connectivity index (χ0n) is 12.7. The van der Waals surface area contributed by atoms with Crippen LogP contribution in [0.2, 0.25) is 0 Å². The van der Waals surface area contributed by atoms with E-state index in [0.29, 0.717) is 0 Å². The van der Waals surface area contributed by atoms with Crippen LogP contribution in [0.25, 0.3) is 0 Å². The average molecular weight is 310 g/mol. The third-order valence-corrected chi connectivity index (χ3v) is 6.14. The summed E-state index contributed by atoms with van der Waals surface area (Å²) in [4.78, 5) is 36.3. The molecule has 0 bridgehead atoms. The monoisotopic (exact) mass is 310 g/mol. The molecular formula is C15H18O7. The summed E-state index contributed by atoms with van der Waals surface area (Å²) in [5, 5.41) is 11.5. The Morgan fingerprint density at radius 2 is 1.68 bits per heavy atom. The van der Waals surface area contributed by atoms with Gasteiger partial charge in [-0.05, 0) is 5.41 Å². The molecule has 4 fully saturated rings. The number of rotatable bonds is 0. The van der Waals surface area contributed by atoms with E-state index in [1.165, 1.54) is 0 Å². The second kappa shape index (κ2) is 3.48. The van der Waals surface area contributed by atoms with Gasteiger partial charge in [-0.2, -0.15) is 0 Å². The van der Waals surface area contributed by atoms with E-state index >= 15 is 0 Å². The third-order valence-electron chi connectivity index (χ3n) is 6.14. The fraction of sp³-hybridized carbons (Fsp3) is 0.800. The summed E-state index contributed by atoms with van der Waals surface area (Å²) in [6, 6.07) is 0. The van der Waals surface area contributed by atoms with Crippen molar-refractivity contribution in [1.82, 2.24) is 0 Å². The van der Waals surface area contributed by atoms with Crippen molar-refractivity contribution in [3.63, 3.8) is 0 Å². The molecule has 22 heavy (non-hydrogen) atoms. The SMILES string of the molecule is CC(C)(C)[C@]1(O)C[C@@H]2OC(=O)C[C@@]23C(=O)O[C@@H]2OC(=O)CC213. The van der Waals surface area contributed by atoms with Crippen molar-refractivity contribution in [2.45, 2.75) is 58.0 Å². The summed E-state index contributed by atoms with van der Waals surface area (Å²) < 4.78 is 15.8. The van der Waals surface area contributed by atoms with Gasteiger partial charge in [0.15, 0.2) is 0 Å². The number of hydrogen-bond acceptors (Lipinski definition) is 7. The molecule has 2 spiro atoms.